The Morgan fingerprint density at radius 3 is 2.62 bits per heavy atom. The van der Waals surface area contributed by atoms with Crippen LogP contribution in [-0.4, -0.2) is 50.8 Å². The normalized spacial score (nSPS) is 13.1. The van der Waals surface area contributed by atoms with Crippen LogP contribution in [0.3, 0.4) is 0 Å². The number of amides is 2. The lowest BCUT2D eigenvalue weighted by atomic mass is 10.1. The van der Waals surface area contributed by atoms with Crippen molar-refractivity contribution in [3.63, 3.8) is 0 Å². The maximum Gasteiger partial charge on any atom is 0.270 e. The van der Waals surface area contributed by atoms with Crippen molar-refractivity contribution in [2.75, 3.05) is 13.2 Å². The molecule has 1 aromatic carbocycles. The van der Waals surface area contributed by atoms with Gasteiger partial charge in [0, 0.05) is 18.2 Å². The summed E-state index contributed by atoms with van der Waals surface area (Å²) in [6.45, 7) is 6.87. The molecule has 1 aromatic heterocycles. The first-order valence-corrected chi connectivity index (χ1v) is 9.98. The van der Waals surface area contributed by atoms with E-state index in [0.717, 1.165) is 6.07 Å². The van der Waals surface area contributed by atoms with E-state index in [1.807, 2.05) is 0 Å². The Morgan fingerprint density at radius 2 is 2.03 bits per heavy atom. The highest BCUT2D eigenvalue weighted by molar-refractivity contribution is 6.05. The Balaban J connectivity index is 2.21. The third-order valence-corrected chi connectivity index (χ3v) is 4.76. The van der Waals surface area contributed by atoms with Crippen molar-refractivity contribution in [1.29, 1.82) is 0 Å². The fraction of sp³-hybridized carbons (Fsp3) is 0.409. The van der Waals surface area contributed by atoms with Gasteiger partial charge in [-0.25, -0.2) is 9.37 Å². The number of hydrogen-bond donors (Lipinski definition) is 4. The topological polar surface area (TPSA) is 145 Å². The number of rotatable bonds is 4. The molecule has 0 atom stereocenters. The second-order valence-electron chi connectivity index (χ2n) is 8.68. The van der Waals surface area contributed by atoms with Crippen LogP contribution >= 0.6 is 0 Å². The number of hydrogen-bond acceptors (Lipinski definition) is 6. The van der Waals surface area contributed by atoms with Crippen molar-refractivity contribution in [2.45, 2.75) is 45.4 Å². The molecule has 9 nitrogen and oxygen atoms in total. The van der Waals surface area contributed by atoms with Gasteiger partial charge < -0.3 is 31.2 Å². The minimum absolute atomic E-state index is 0.00168. The molecule has 6 N–H and O–H groups in total. The number of carbonyl (C=O) groups excluding carboxylic acids is 2. The van der Waals surface area contributed by atoms with Gasteiger partial charge >= 0.3 is 0 Å². The van der Waals surface area contributed by atoms with E-state index in [9.17, 15) is 19.1 Å². The van der Waals surface area contributed by atoms with E-state index in [-0.39, 0.29) is 48.2 Å². The number of nitrogens with zero attached hydrogens (tertiary/aromatic N) is 2. The second kappa shape index (κ2) is 8.26. The average molecular weight is 443 g/mol. The first-order chi connectivity index (χ1) is 14.8. The summed E-state index contributed by atoms with van der Waals surface area (Å²) >= 11 is 0. The second-order valence-corrected chi connectivity index (χ2v) is 8.68. The molecule has 1 aliphatic rings. The van der Waals surface area contributed by atoms with Crippen LogP contribution in [0, 0.1) is 17.7 Å². The molecule has 2 aromatic rings. The molecule has 0 saturated heterocycles. The first-order valence-electron chi connectivity index (χ1n) is 9.98. The fourth-order valence-corrected chi connectivity index (χ4v) is 3.11. The highest BCUT2D eigenvalue weighted by Crippen LogP contribution is 2.35. The molecule has 0 unspecified atom stereocenters. The molecule has 2 heterocycles. The predicted octanol–water partition coefficient (Wildman–Crippen LogP) is 0.770. The Morgan fingerprint density at radius 1 is 1.34 bits per heavy atom. The minimum Gasteiger partial charge on any atom is -0.491 e. The molecular weight excluding hydrogens is 417 g/mol. The van der Waals surface area contributed by atoms with Gasteiger partial charge in [-0.2, -0.15) is 0 Å². The lowest BCUT2D eigenvalue weighted by Crippen LogP contribution is -2.49. The lowest BCUT2D eigenvalue weighted by molar-refractivity contribution is 0.0892. The molecule has 3 rings (SSSR count). The number of primary amides is 1. The van der Waals surface area contributed by atoms with Crippen molar-refractivity contribution in [3.8, 4) is 29.0 Å². The van der Waals surface area contributed by atoms with Crippen LogP contribution < -0.4 is 21.5 Å². The number of ether oxygens (including phenoxy) is 1. The summed E-state index contributed by atoms with van der Waals surface area (Å²) < 4.78 is 21.8. The van der Waals surface area contributed by atoms with Gasteiger partial charge in [-0.15, -0.1) is 0 Å². The molecule has 170 valence electrons. The summed E-state index contributed by atoms with van der Waals surface area (Å²) in [4.78, 5) is 29.5. The largest absolute Gasteiger partial charge is 0.491 e. The minimum atomic E-state index is -1.33. The third kappa shape index (κ3) is 4.74. The molecule has 0 saturated carbocycles. The monoisotopic (exact) mass is 443 g/mol. The number of imidazole rings is 1. The zero-order valence-electron chi connectivity index (χ0n) is 18.4. The highest BCUT2D eigenvalue weighted by Gasteiger charge is 2.32. The number of aliphatic hydroxyl groups is 1. The van der Waals surface area contributed by atoms with Crippen LogP contribution in [0.2, 0.25) is 0 Å². The number of aromatic nitrogens is 2. The van der Waals surface area contributed by atoms with Crippen LogP contribution in [0.15, 0.2) is 12.1 Å². The summed E-state index contributed by atoms with van der Waals surface area (Å²) in [7, 11) is 0. The van der Waals surface area contributed by atoms with Gasteiger partial charge in [-0.3, -0.25) is 9.59 Å². The van der Waals surface area contributed by atoms with Crippen LogP contribution in [0.25, 0.3) is 11.4 Å². The molecule has 0 bridgehead atoms. The van der Waals surface area contributed by atoms with E-state index in [1.54, 1.807) is 13.8 Å². The zero-order chi connectivity index (χ0) is 23.8. The third-order valence-electron chi connectivity index (χ3n) is 4.76. The van der Waals surface area contributed by atoms with Crippen molar-refractivity contribution in [1.82, 2.24) is 14.9 Å². The molecule has 0 radical (unpaired) electrons. The summed E-state index contributed by atoms with van der Waals surface area (Å²) in [5, 5.41) is 12.6. The standard InChI is InChI=1S/C22H26FN5O4/c1-21(2,11-24)27-20(30)17-16(18(25)29)26-19-13-9-12(5-6-22(3,4)31)14(23)10-15(13)32-8-7-28(17)19/h9-10,31H,7-8,11,24H2,1-4H3,(H2,25,29)(H,27,30). The SMILES string of the molecule is CC(C)(O)C#Cc1cc2c(cc1F)OCCn1c-2nc(C(N)=O)c1C(=O)NC(C)(C)CN. The van der Waals surface area contributed by atoms with Crippen molar-refractivity contribution in [2.24, 2.45) is 11.5 Å². The van der Waals surface area contributed by atoms with Crippen molar-refractivity contribution < 1.29 is 23.8 Å². The molecule has 0 spiro atoms. The van der Waals surface area contributed by atoms with E-state index in [0.29, 0.717) is 5.56 Å². The van der Waals surface area contributed by atoms with Crippen LogP contribution in [0.4, 0.5) is 4.39 Å². The smallest absolute Gasteiger partial charge is 0.270 e. The zero-order valence-corrected chi connectivity index (χ0v) is 18.4. The molecule has 10 heteroatoms. The summed E-state index contributed by atoms with van der Waals surface area (Å²) in [5.74, 6) is 3.48. The van der Waals surface area contributed by atoms with Crippen molar-refractivity contribution in [3.05, 3.63) is 34.9 Å². The molecule has 0 aliphatic carbocycles. The van der Waals surface area contributed by atoms with E-state index < -0.39 is 28.8 Å². The molecule has 0 fully saturated rings. The van der Waals surface area contributed by atoms with E-state index >= 15 is 0 Å². The van der Waals surface area contributed by atoms with E-state index in [4.69, 9.17) is 16.2 Å². The quantitative estimate of drug-likeness (QED) is 0.514. The van der Waals surface area contributed by atoms with Gasteiger partial charge in [0.15, 0.2) is 5.69 Å². The molecule has 2 amide bonds. The van der Waals surface area contributed by atoms with Crippen molar-refractivity contribution >= 4 is 11.8 Å². The van der Waals surface area contributed by atoms with Gasteiger partial charge in [-0.05, 0) is 33.8 Å². The Kier molecular flexibility index (Phi) is 6.00. The average Bonchev–Trinajstić information content (AvgIpc) is 2.98. The van der Waals surface area contributed by atoms with Gasteiger partial charge in [0.2, 0.25) is 0 Å². The summed E-state index contributed by atoms with van der Waals surface area (Å²) in [6.07, 6.45) is 0. The van der Waals surface area contributed by atoms with Gasteiger partial charge in [0.1, 0.15) is 35.3 Å². The number of nitrogens with one attached hydrogen (secondary N) is 1. The highest BCUT2D eigenvalue weighted by atomic mass is 19.1. The van der Waals surface area contributed by atoms with Crippen LogP contribution in [0.1, 0.15) is 54.2 Å². The van der Waals surface area contributed by atoms with Gasteiger partial charge in [0.25, 0.3) is 11.8 Å². The van der Waals surface area contributed by atoms with Gasteiger partial charge in [-0.1, -0.05) is 11.8 Å². The summed E-state index contributed by atoms with van der Waals surface area (Å²) in [5.41, 5.74) is 9.25. The molecular formula is C22H26FN5O4. The van der Waals surface area contributed by atoms with Crippen LogP contribution in [0.5, 0.6) is 5.75 Å². The number of nitrogens with two attached hydrogens (primary N) is 2. The van der Waals surface area contributed by atoms with E-state index in [2.05, 4.69) is 22.1 Å². The Bertz CT molecular complexity index is 1150. The number of carbonyl (C=O) groups is 2. The maximum atomic E-state index is 14.6. The lowest BCUT2D eigenvalue weighted by Gasteiger charge is -2.24. The number of fused-ring (bicyclic) bond motifs is 3. The number of benzene rings is 1. The fourth-order valence-electron chi connectivity index (χ4n) is 3.11. The van der Waals surface area contributed by atoms with E-state index in [1.165, 1.54) is 24.5 Å². The summed E-state index contributed by atoms with van der Waals surface area (Å²) in [6, 6.07) is 2.57. The first kappa shape index (κ1) is 23.2. The number of halogens is 1. The van der Waals surface area contributed by atoms with Gasteiger partial charge in [0.05, 0.1) is 17.7 Å². The maximum absolute atomic E-state index is 14.6. The molecule has 1 aliphatic heterocycles. The van der Waals surface area contributed by atoms with Crippen LogP contribution in [-0.2, 0) is 6.54 Å². The predicted molar refractivity (Wildman–Crippen MR) is 115 cm³/mol. The molecule has 32 heavy (non-hydrogen) atoms. The Hall–Kier alpha value is -3.42. The Labute approximate surface area is 184 Å².